The average Bonchev–Trinajstić information content (AvgIpc) is 2.68. The van der Waals surface area contributed by atoms with Crippen LogP contribution in [0.3, 0.4) is 0 Å². The van der Waals surface area contributed by atoms with Gasteiger partial charge in [-0.15, -0.1) is 0 Å². The van der Waals surface area contributed by atoms with Gasteiger partial charge >= 0.3 is 0 Å². The van der Waals surface area contributed by atoms with Gasteiger partial charge in [0.15, 0.2) is 0 Å². The van der Waals surface area contributed by atoms with Gasteiger partial charge in [0.05, 0.1) is 17.2 Å². The lowest BCUT2D eigenvalue weighted by Crippen LogP contribution is -2.43. The summed E-state index contributed by atoms with van der Waals surface area (Å²) >= 11 is 0. The van der Waals surface area contributed by atoms with Crippen LogP contribution in [-0.4, -0.2) is 47.0 Å². The Morgan fingerprint density at radius 3 is 2.56 bits per heavy atom. The summed E-state index contributed by atoms with van der Waals surface area (Å²) in [7, 11) is 4.00. The zero-order chi connectivity index (χ0) is 19.2. The van der Waals surface area contributed by atoms with Crippen LogP contribution in [0.1, 0.15) is 5.56 Å². The highest BCUT2D eigenvalue weighted by Gasteiger charge is 2.14. The Morgan fingerprint density at radius 1 is 1.11 bits per heavy atom. The summed E-state index contributed by atoms with van der Waals surface area (Å²) in [6.45, 7) is 0.471. The van der Waals surface area contributed by atoms with E-state index < -0.39 is 0 Å². The summed E-state index contributed by atoms with van der Waals surface area (Å²) in [6.07, 6.45) is 2.27. The fraction of sp³-hybridized carbons (Fsp3) is 0.286. The molecule has 3 aromatic rings. The van der Waals surface area contributed by atoms with Crippen molar-refractivity contribution in [2.45, 2.75) is 19.0 Å². The molecule has 2 aromatic carbocycles. The molecule has 1 heterocycles. The van der Waals surface area contributed by atoms with Gasteiger partial charge in [0.25, 0.3) is 5.56 Å². The molecule has 0 spiro atoms. The molecule has 1 amide bonds. The lowest BCUT2D eigenvalue weighted by atomic mass is 10.1. The normalized spacial score (nSPS) is 12.3. The first-order valence-corrected chi connectivity index (χ1v) is 8.96. The predicted octanol–water partition coefficient (Wildman–Crippen LogP) is 1.69. The molecule has 0 saturated heterocycles. The molecule has 0 bridgehead atoms. The third-order valence-corrected chi connectivity index (χ3v) is 4.62. The number of hydrogen-bond donors (Lipinski definition) is 1. The largest absolute Gasteiger partial charge is 0.353 e. The van der Waals surface area contributed by atoms with Crippen molar-refractivity contribution >= 4 is 16.8 Å². The van der Waals surface area contributed by atoms with Gasteiger partial charge in [0.2, 0.25) is 5.91 Å². The number of hydrogen-bond acceptors (Lipinski definition) is 4. The minimum absolute atomic E-state index is 0.0395. The first-order chi connectivity index (χ1) is 13.0. The van der Waals surface area contributed by atoms with Gasteiger partial charge in [0.1, 0.15) is 6.54 Å². The fourth-order valence-electron chi connectivity index (χ4n) is 2.98. The monoisotopic (exact) mass is 364 g/mol. The van der Waals surface area contributed by atoms with Crippen molar-refractivity contribution in [1.29, 1.82) is 0 Å². The highest BCUT2D eigenvalue weighted by Crippen LogP contribution is 2.07. The van der Waals surface area contributed by atoms with Crippen LogP contribution in [0.5, 0.6) is 0 Å². The SMILES string of the molecule is CN(C)C(CNC(=O)Cn1cnc2ccccc2c1=O)Cc1ccccc1. The maximum absolute atomic E-state index is 12.5. The number of nitrogens with zero attached hydrogens (tertiary/aromatic N) is 3. The maximum Gasteiger partial charge on any atom is 0.261 e. The third kappa shape index (κ3) is 4.80. The van der Waals surface area contributed by atoms with Gasteiger partial charge in [-0.1, -0.05) is 42.5 Å². The van der Waals surface area contributed by atoms with Gasteiger partial charge in [-0.05, 0) is 38.2 Å². The highest BCUT2D eigenvalue weighted by molar-refractivity contribution is 5.78. The summed E-state index contributed by atoms with van der Waals surface area (Å²) in [6, 6.07) is 17.5. The van der Waals surface area contributed by atoms with E-state index in [-0.39, 0.29) is 24.1 Å². The lowest BCUT2D eigenvalue weighted by molar-refractivity contribution is -0.121. The van der Waals surface area contributed by atoms with Crippen molar-refractivity contribution in [2.24, 2.45) is 0 Å². The Hall–Kier alpha value is -2.99. The predicted molar refractivity (Wildman–Crippen MR) is 107 cm³/mol. The molecule has 1 atom stereocenters. The molecule has 0 aliphatic rings. The van der Waals surface area contributed by atoms with Crippen LogP contribution >= 0.6 is 0 Å². The first-order valence-electron chi connectivity index (χ1n) is 8.96. The molecule has 6 nitrogen and oxygen atoms in total. The standard InChI is InChI=1S/C21H24N4O2/c1-24(2)17(12-16-8-4-3-5-9-16)13-22-20(26)14-25-15-23-19-11-7-6-10-18(19)21(25)27/h3-11,15,17H,12-14H2,1-2H3,(H,22,26). The second-order valence-corrected chi connectivity index (χ2v) is 6.81. The Labute approximate surface area is 158 Å². The van der Waals surface area contributed by atoms with Crippen LogP contribution in [-0.2, 0) is 17.8 Å². The molecule has 1 unspecified atom stereocenters. The van der Waals surface area contributed by atoms with Gasteiger partial charge < -0.3 is 10.2 Å². The number of likely N-dealkylation sites (N-methyl/N-ethyl adjacent to an activating group) is 1. The Kier molecular flexibility index (Phi) is 5.98. The number of carbonyl (C=O) groups excluding carboxylic acids is 1. The maximum atomic E-state index is 12.5. The topological polar surface area (TPSA) is 67.2 Å². The number of amides is 1. The number of nitrogens with one attached hydrogen (secondary N) is 1. The quantitative estimate of drug-likeness (QED) is 0.693. The van der Waals surface area contributed by atoms with E-state index in [1.807, 2.05) is 38.4 Å². The third-order valence-electron chi connectivity index (χ3n) is 4.62. The number of fused-ring (bicyclic) bond motifs is 1. The van der Waals surface area contributed by atoms with Gasteiger partial charge in [-0.3, -0.25) is 14.2 Å². The van der Waals surface area contributed by atoms with Crippen LogP contribution in [0.4, 0.5) is 0 Å². The first kappa shape index (κ1) is 18.8. The minimum Gasteiger partial charge on any atom is -0.353 e. The summed E-state index contributed by atoms with van der Waals surface area (Å²) in [4.78, 5) is 31.2. The molecule has 6 heteroatoms. The zero-order valence-electron chi connectivity index (χ0n) is 15.6. The van der Waals surface area contributed by atoms with Crippen LogP contribution in [0.25, 0.3) is 10.9 Å². The van der Waals surface area contributed by atoms with Crippen molar-refractivity contribution in [3.05, 3.63) is 76.8 Å². The molecule has 0 aliphatic heterocycles. The molecular weight excluding hydrogens is 340 g/mol. The number of aromatic nitrogens is 2. The Balaban J connectivity index is 1.63. The molecule has 0 fully saturated rings. The smallest absolute Gasteiger partial charge is 0.261 e. The Bertz CT molecular complexity index is 967. The van der Waals surface area contributed by atoms with E-state index in [4.69, 9.17) is 0 Å². The van der Waals surface area contributed by atoms with E-state index in [0.29, 0.717) is 17.4 Å². The molecule has 27 heavy (non-hydrogen) atoms. The van der Waals surface area contributed by atoms with Crippen LogP contribution in [0.15, 0.2) is 65.7 Å². The number of para-hydroxylation sites is 1. The van der Waals surface area contributed by atoms with Crippen molar-refractivity contribution in [2.75, 3.05) is 20.6 Å². The summed E-state index contributed by atoms with van der Waals surface area (Å²) in [5.41, 5.74) is 1.65. The van der Waals surface area contributed by atoms with Crippen LogP contribution in [0.2, 0.25) is 0 Å². The van der Waals surface area contributed by atoms with Gasteiger partial charge in [-0.25, -0.2) is 4.98 Å². The Morgan fingerprint density at radius 2 is 1.81 bits per heavy atom. The van der Waals surface area contributed by atoms with E-state index in [0.717, 1.165) is 6.42 Å². The highest BCUT2D eigenvalue weighted by atomic mass is 16.2. The van der Waals surface area contributed by atoms with Crippen molar-refractivity contribution < 1.29 is 4.79 Å². The molecule has 1 N–H and O–H groups in total. The van der Waals surface area contributed by atoms with Crippen LogP contribution < -0.4 is 10.9 Å². The molecular formula is C21H24N4O2. The van der Waals surface area contributed by atoms with Crippen molar-refractivity contribution in [3.8, 4) is 0 Å². The van der Waals surface area contributed by atoms with E-state index in [1.54, 1.807) is 18.2 Å². The lowest BCUT2D eigenvalue weighted by Gasteiger charge is -2.25. The van der Waals surface area contributed by atoms with E-state index in [1.165, 1.54) is 16.5 Å². The molecule has 0 saturated carbocycles. The average molecular weight is 364 g/mol. The second-order valence-electron chi connectivity index (χ2n) is 6.81. The number of rotatable bonds is 7. The molecule has 1 aromatic heterocycles. The summed E-state index contributed by atoms with van der Waals surface area (Å²) in [5, 5.41) is 3.46. The second kappa shape index (κ2) is 8.60. The number of benzene rings is 2. The van der Waals surface area contributed by atoms with Gasteiger partial charge in [-0.2, -0.15) is 0 Å². The van der Waals surface area contributed by atoms with Crippen LogP contribution in [0, 0.1) is 0 Å². The summed E-state index contributed by atoms with van der Waals surface area (Å²) < 4.78 is 1.35. The molecule has 3 rings (SSSR count). The van der Waals surface area contributed by atoms with Gasteiger partial charge in [0, 0.05) is 12.6 Å². The minimum atomic E-state index is -0.204. The summed E-state index contributed by atoms with van der Waals surface area (Å²) in [5.74, 6) is -0.200. The molecule has 0 radical (unpaired) electrons. The molecule has 0 aliphatic carbocycles. The fourth-order valence-corrected chi connectivity index (χ4v) is 2.98. The zero-order valence-corrected chi connectivity index (χ0v) is 15.6. The van der Waals surface area contributed by atoms with Crippen molar-refractivity contribution in [1.82, 2.24) is 19.8 Å². The van der Waals surface area contributed by atoms with Crippen molar-refractivity contribution in [3.63, 3.8) is 0 Å². The van der Waals surface area contributed by atoms with E-state index >= 15 is 0 Å². The molecule has 140 valence electrons. The van der Waals surface area contributed by atoms with E-state index in [9.17, 15) is 9.59 Å². The number of carbonyl (C=O) groups is 1. The van der Waals surface area contributed by atoms with E-state index in [2.05, 4.69) is 27.3 Å².